The average molecular weight is 324 g/mol. The zero-order valence-electron chi connectivity index (χ0n) is 11.6. The molecule has 1 aliphatic carbocycles. The van der Waals surface area contributed by atoms with E-state index in [0.29, 0.717) is 22.5 Å². The van der Waals surface area contributed by atoms with Crippen molar-refractivity contribution >= 4 is 23.2 Å². The van der Waals surface area contributed by atoms with E-state index in [1.807, 2.05) is 13.0 Å². The molecule has 1 N–H and O–H groups in total. The molecule has 110 valence electrons. The van der Waals surface area contributed by atoms with Crippen molar-refractivity contribution in [3.05, 3.63) is 69.5 Å². The molecule has 21 heavy (non-hydrogen) atoms. The summed E-state index contributed by atoms with van der Waals surface area (Å²) in [6, 6.07) is 13.5. The summed E-state index contributed by atoms with van der Waals surface area (Å²) in [5, 5.41) is 4.10. The number of hydrogen-bond acceptors (Lipinski definition) is 1. The van der Waals surface area contributed by atoms with Gasteiger partial charge in [0.25, 0.3) is 0 Å². The third-order valence-corrected chi connectivity index (χ3v) is 4.71. The minimum absolute atomic E-state index is 0.0839. The number of nitrogens with one attached hydrogen (secondary N) is 1. The first-order valence-electron chi connectivity index (χ1n) is 7.02. The Morgan fingerprint density at radius 2 is 1.86 bits per heavy atom. The van der Waals surface area contributed by atoms with Crippen LogP contribution in [0.25, 0.3) is 0 Å². The van der Waals surface area contributed by atoms with Crippen LogP contribution in [0.1, 0.15) is 36.4 Å². The fraction of sp³-hybridized carbons (Fsp3) is 0.294. The van der Waals surface area contributed by atoms with Gasteiger partial charge in [-0.3, -0.25) is 0 Å². The van der Waals surface area contributed by atoms with Crippen LogP contribution in [-0.4, -0.2) is 6.04 Å². The monoisotopic (exact) mass is 323 g/mol. The molecule has 2 aromatic carbocycles. The standard InChI is InChI=1S/C17H16Cl2FN/c1-10(16-13(18)7-8-14(20)17(16)19)21-15-9-12(15)11-5-3-2-4-6-11/h2-8,10,12,15,21H,9H2,1H3. The highest BCUT2D eigenvalue weighted by molar-refractivity contribution is 6.36. The Kier molecular flexibility index (Phi) is 4.21. The molecule has 3 atom stereocenters. The molecule has 3 unspecified atom stereocenters. The van der Waals surface area contributed by atoms with Gasteiger partial charge < -0.3 is 5.32 Å². The number of rotatable bonds is 4. The summed E-state index contributed by atoms with van der Waals surface area (Å²) in [6.45, 7) is 1.97. The van der Waals surface area contributed by atoms with E-state index in [1.165, 1.54) is 11.6 Å². The van der Waals surface area contributed by atoms with E-state index < -0.39 is 5.82 Å². The third-order valence-electron chi connectivity index (χ3n) is 3.99. The molecule has 0 saturated heterocycles. The van der Waals surface area contributed by atoms with Crippen LogP contribution in [0, 0.1) is 5.82 Å². The molecule has 0 spiro atoms. The van der Waals surface area contributed by atoms with E-state index in [1.54, 1.807) is 6.07 Å². The fourth-order valence-corrected chi connectivity index (χ4v) is 3.49. The van der Waals surface area contributed by atoms with E-state index in [9.17, 15) is 4.39 Å². The summed E-state index contributed by atoms with van der Waals surface area (Å²) in [4.78, 5) is 0. The molecular formula is C17H16Cl2FN. The van der Waals surface area contributed by atoms with Crippen LogP contribution in [0.5, 0.6) is 0 Å². The Hall–Kier alpha value is -1.09. The number of halogens is 3. The Bertz CT molecular complexity index is 645. The third kappa shape index (κ3) is 3.08. The van der Waals surface area contributed by atoms with Crippen LogP contribution < -0.4 is 5.32 Å². The topological polar surface area (TPSA) is 12.0 Å². The highest BCUT2D eigenvalue weighted by atomic mass is 35.5. The molecular weight excluding hydrogens is 308 g/mol. The lowest BCUT2D eigenvalue weighted by Crippen LogP contribution is -2.23. The molecule has 4 heteroatoms. The smallest absolute Gasteiger partial charge is 0.142 e. The van der Waals surface area contributed by atoms with Gasteiger partial charge in [0.1, 0.15) is 5.82 Å². The SMILES string of the molecule is CC(NC1CC1c1ccccc1)c1c(Cl)ccc(F)c1Cl. The van der Waals surface area contributed by atoms with E-state index in [4.69, 9.17) is 23.2 Å². The van der Waals surface area contributed by atoms with Crippen LogP contribution >= 0.6 is 23.2 Å². The lowest BCUT2D eigenvalue weighted by molar-refractivity contribution is 0.555. The van der Waals surface area contributed by atoms with E-state index in [2.05, 4.69) is 29.6 Å². The second-order valence-electron chi connectivity index (χ2n) is 5.50. The van der Waals surface area contributed by atoms with Gasteiger partial charge in [-0.2, -0.15) is 0 Å². The zero-order valence-corrected chi connectivity index (χ0v) is 13.1. The zero-order chi connectivity index (χ0) is 15.0. The minimum atomic E-state index is -0.430. The first-order valence-corrected chi connectivity index (χ1v) is 7.78. The van der Waals surface area contributed by atoms with E-state index in [-0.39, 0.29) is 11.1 Å². The van der Waals surface area contributed by atoms with Gasteiger partial charge in [-0.15, -0.1) is 0 Å². The quantitative estimate of drug-likeness (QED) is 0.749. The first kappa shape index (κ1) is 14.8. The molecule has 0 heterocycles. The molecule has 0 aliphatic heterocycles. The molecule has 3 rings (SSSR count). The Morgan fingerprint density at radius 1 is 1.14 bits per heavy atom. The van der Waals surface area contributed by atoms with Gasteiger partial charge in [0.05, 0.1) is 5.02 Å². The molecule has 0 bridgehead atoms. The van der Waals surface area contributed by atoms with Crippen molar-refractivity contribution in [2.24, 2.45) is 0 Å². The van der Waals surface area contributed by atoms with Crippen molar-refractivity contribution < 1.29 is 4.39 Å². The van der Waals surface area contributed by atoms with Gasteiger partial charge in [0.2, 0.25) is 0 Å². The fourth-order valence-electron chi connectivity index (χ4n) is 2.79. The first-order chi connectivity index (χ1) is 10.1. The van der Waals surface area contributed by atoms with Crippen LogP contribution in [0.3, 0.4) is 0 Å². The summed E-state index contributed by atoms with van der Waals surface area (Å²) in [5.41, 5.74) is 1.97. The number of hydrogen-bond donors (Lipinski definition) is 1. The van der Waals surface area contributed by atoms with Crippen molar-refractivity contribution in [3.63, 3.8) is 0 Å². The van der Waals surface area contributed by atoms with Crippen LogP contribution in [-0.2, 0) is 0 Å². The van der Waals surface area contributed by atoms with Crippen LogP contribution in [0.15, 0.2) is 42.5 Å². The summed E-state index contributed by atoms with van der Waals surface area (Å²) in [5.74, 6) is 0.0832. The predicted octanol–water partition coefficient (Wildman–Crippen LogP) is 5.34. The van der Waals surface area contributed by atoms with Crippen molar-refractivity contribution in [3.8, 4) is 0 Å². The molecule has 0 amide bonds. The number of benzene rings is 2. The molecule has 0 aromatic heterocycles. The van der Waals surface area contributed by atoms with Gasteiger partial charge in [-0.25, -0.2) is 4.39 Å². The van der Waals surface area contributed by atoms with Crippen molar-refractivity contribution in [1.82, 2.24) is 5.32 Å². The maximum absolute atomic E-state index is 13.6. The molecule has 1 fully saturated rings. The maximum Gasteiger partial charge on any atom is 0.142 e. The highest BCUT2D eigenvalue weighted by Gasteiger charge is 2.39. The summed E-state index contributed by atoms with van der Waals surface area (Å²) in [6.07, 6.45) is 1.08. The highest BCUT2D eigenvalue weighted by Crippen LogP contribution is 2.43. The summed E-state index contributed by atoms with van der Waals surface area (Å²) >= 11 is 12.2. The molecule has 0 radical (unpaired) electrons. The Morgan fingerprint density at radius 3 is 2.57 bits per heavy atom. The summed E-state index contributed by atoms with van der Waals surface area (Å²) in [7, 11) is 0. The lowest BCUT2D eigenvalue weighted by atomic mass is 10.1. The lowest BCUT2D eigenvalue weighted by Gasteiger charge is -2.17. The molecule has 2 aromatic rings. The molecule has 1 saturated carbocycles. The van der Waals surface area contributed by atoms with Crippen molar-refractivity contribution in [2.45, 2.75) is 31.3 Å². The maximum atomic E-state index is 13.6. The largest absolute Gasteiger partial charge is 0.307 e. The van der Waals surface area contributed by atoms with Gasteiger partial charge >= 0.3 is 0 Å². The minimum Gasteiger partial charge on any atom is -0.307 e. The van der Waals surface area contributed by atoms with Gasteiger partial charge in [0.15, 0.2) is 0 Å². The normalized spacial score (nSPS) is 22.1. The van der Waals surface area contributed by atoms with Gasteiger partial charge in [-0.1, -0.05) is 53.5 Å². The van der Waals surface area contributed by atoms with Crippen molar-refractivity contribution in [2.75, 3.05) is 0 Å². The summed E-state index contributed by atoms with van der Waals surface area (Å²) < 4.78 is 13.6. The van der Waals surface area contributed by atoms with Crippen molar-refractivity contribution in [1.29, 1.82) is 0 Å². The average Bonchev–Trinajstić information content (AvgIpc) is 3.23. The Balaban J connectivity index is 1.72. The van der Waals surface area contributed by atoms with Crippen LogP contribution in [0.2, 0.25) is 10.0 Å². The van der Waals surface area contributed by atoms with Crippen LogP contribution in [0.4, 0.5) is 4.39 Å². The van der Waals surface area contributed by atoms with Gasteiger partial charge in [0, 0.05) is 28.6 Å². The van der Waals surface area contributed by atoms with E-state index in [0.717, 1.165) is 6.42 Å². The second-order valence-corrected chi connectivity index (χ2v) is 6.29. The van der Waals surface area contributed by atoms with Gasteiger partial charge in [-0.05, 0) is 31.0 Å². The predicted molar refractivity (Wildman–Crippen MR) is 85.6 cm³/mol. The molecule has 1 nitrogen and oxygen atoms in total. The Labute approximate surface area is 134 Å². The molecule has 1 aliphatic rings. The van der Waals surface area contributed by atoms with E-state index >= 15 is 0 Å². The second kappa shape index (κ2) is 5.96.